The van der Waals surface area contributed by atoms with Crippen LogP contribution in [-0.2, 0) is 19.1 Å². The zero-order valence-corrected chi connectivity index (χ0v) is 12.2. The molecule has 1 heterocycles. The van der Waals surface area contributed by atoms with Crippen LogP contribution in [-0.4, -0.2) is 51.6 Å². The number of hydrogen-bond donors (Lipinski definition) is 2. The third kappa shape index (κ3) is 4.30. The quantitative estimate of drug-likeness (QED) is 0.571. The van der Waals surface area contributed by atoms with Crippen molar-refractivity contribution in [1.29, 1.82) is 0 Å². The number of ether oxygens (including phenoxy) is 1. The fourth-order valence-electron chi connectivity index (χ4n) is 1.77. The monoisotopic (exact) mass is 298 g/mol. The van der Waals surface area contributed by atoms with Gasteiger partial charge in [0.25, 0.3) is 11.8 Å². The molecule has 1 rings (SSSR count). The van der Waals surface area contributed by atoms with Crippen molar-refractivity contribution in [2.75, 3.05) is 0 Å². The standard InChI is InChI=1S/C13H18N2O6/c1-7-10(14-12(20)21-13(2,3)4)11(19)15(7)8(16)5-6-9(17)18/h5-7,10H,1-4H3,(H,14,20)(H,17,18)/t7-,10+/m1/s1. The molecule has 0 radical (unpaired) electrons. The van der Waals surface area contributed by atoms with E-state index in [2.05, 4.69) is 5.32 Å². The van der Waals surface area contributed by atoms with Gasteiger partial charge in [0.1, 0.15) is 11.6 Å². The molecule has 8 heteroatoms. The van der Waals surface area contributed by atoms with Crippen molar-refractivity contribution < 1.29 is 29.0 Å². The Morgan fingerprint density at radius 2 is 1.86 bits per heavy atom. The highest BCUT2D eigenvalue weighted by atomic mass is 16.6. The van der Waals surface area contributed by atoms with E-state index in [0.29, 0.717) is 6.08 Å². The van der Waals surface area contributed by atoms with Crippen LogP contribution in [0.5, 0.6) is 0 Å². The number of nitrogens with zero attached hydrogens (tertiary/aromatic N) is 1. The van der Waals surface area contributed by atoms with Crippen molar-refractivity contribution in [3.8, 4) is 0 Å². The van der Waals surface area contributed by atoms with Crippen LogP contribution in [0.4, 0.5) is 4.79 Å². The molecule has 8 nitrogen and oxygen atoms in total. The summed E-state index contributed by atoms with van der Waals surface area (Å²) in [5, 5.41) is 10.8. The lowest BCUT2D eigenvalue weighted by Gasteiger charge is -2.43. The Bertz CT molecular complexity index is 505. The van der Waals surface area contributed by atoms with Gasteiger partial charge in [0.2, 0.25) is 0 Å². The number of carboxylic acid groups (broad SMARTS) is 1. The highest BCUT2D eigenvalue weighted by Gasteiger charge is 2.48. The number of aliphatic carboxylic acids is 1. The molecule has 3 amide bonds. The van der Waals surface area contributed by atoms with E-state index in [9.17, 15) is 19.2 Å². The third-order valence-electron chi connectivity index (χ3n) is 2.67. The largest absolute Gasteiger partial charge is 0.478 e. The van der Waals surface area contributed by atoms with Gasteiger partial charge in [-0.05, 0) is 27.7 Å². The third-order valence-corrected chi connectivity index (χ3v) is 2.67. The summed E-state index contributed by atoms with van der Waals surface area (Å²) in [6.07, 6.45) is 0.693. The second-order valence-electron chi connectivity index (χ2n) is 5.58. The first kappa shape index (κ1) is 16.7. The highest BCUT2D eigenvalue weighted by molar-refractivity contribution is 6.09. The number of likely N-dealkylation sites (tertiary alicyclic amines) is 1. The molecule has 116 valence electrons. The van der Waals surface area contributed by atoms with Crippen molar-refractivity contribution in [3.05, 3.63) is 12.2 Å². The molecule has 0 aliphatic carbocycles. The molecule has 1 aliphatic rings. The minimum absolute atomic E-state index is 0.573. The lowest BCUT2D eigenvalue weighted by Crippen LogP contribution is -2.71. The predicted molar refractivity (Wildman–Crippen MR) is 71.2 cm³/mol. The second kappa shape index (κ2) is 5.94. The number of β-lactam (4-membered cyclic amide) rings is 1. The minimum Gasteiger partial charge on any atom is -0.478 e. The van der Waals surface area contributed by atoms with Crippen LogP contribution in [0.2, 0.25) is 0 Å². The van der Waals surface area contributed by atoms with E-state index in [1.54, 1.807) is 27.7 Å². The van der Waals surface area contributed by atoms with Crippen LogP contribution in [0.25, 0.3) is 0 Å². The normalized spacial score (nSPS) is 21.9. The summed E-state index contributed by atoms with van der Waals surface area (Å²) in [4.78, 5) is 46.2. The Morgan fingerprint density at radius 1 is 1.29 bits per heavy atom. The van der Waals surface area contributed by atoms with Crippen molar-refractivity contribution >= 4 is 23.9 Å². The Balaban J connectivity index is 2.60. The molecule has 0 aromatic heterocycles. The van der Waals surface area contributed by atoms with Gasteiger partial charge in [-0.1, -0.05) is 0 Å². The molecule has 2 atom stereocenters. The molecule has 0 aromatic rings. The van der Waals surface area contributed by atoms with Gasteiger partial charge in [0, 0.05) is 12.2 Å². The van der Waals surface area contributed by atoms with E-state index in [1.165, 1.54) is 0 Å². The fourth-order valence-corrected chi connectivity index (χ4v) is 1.77. The fraction of sp³-hybridized carbons (Fsp3) is 0.538. The van der Waals surface area contributed by atoms with Crippen LogP contribution in [0, 0.1) is 0 Å². The summed E-state index contributed by atoms with van der Waals surface area (Å²) in [5.41, 5.74) is -0.695. The number of carbonyl (C=O) groups is 4. The topological polar surface area (TPSA) is 113 Å². The van der Waals surface area contributed by atoms with Gasteiger partial charge in [-0.25, -0.2) is 9.59 Å². The number of carbonyl (C=O) groups excluding carboxylic acids is 3. The predicted octanol–water partition coefficient (Wildman–Crippen LogP) is 0.278. The molecule has 0 saturated carbocycles. The highest BCUT2D eigenvalue weighted by Crippen LogP contribution is 2.21. The van der Waals surface area contributed by atoms with Crippen LogP contribution < -0.4 is 5.32 Å². The van der Waals surface area contributed by atoms with E-state index < -0.39 is 41.6 Å². The minimum atomic E-state index is -1.28. The average Bonchev–Trinajstić information content (AvgIpc) is 2.31. The summed E-state index contributed by atoms with van der Waals surface area (Å²) < 4.78 is 5.02. The zero-order valence-electron chi connectivity index (χ0n) is 12.2. The van der Waals surface area contributed by atoms with Crippen molar-refractivity contribution in [2.45, 2.75) is 45.4 Å². The van der Waals surface area contributed by atoms with E-state index in [1.807, 2.05) is 0 Å². The summed E-state index contributed by atoms with van der Waals surface area (Å²) in [5.74, 6) is -2.63. The van der Waals surface area contributed by atoms with Crippen LogP contribution in [0.15, 0.2) is 12.2 Å². The van der Waals surface area contributed by atoms with E-state index in [-0.39, 0.29) is 0 Å². The van der Waals surface area contributed by atoms with E-state index in [4.69, 9.17) is 9.84 Å². The summed E-state index contributed by atoms with van der Waals surface area (Å²) in [7, 11) is 0. The maximum absolute atomic E-state index is 11.8. The van der Waals surface area contributed by atoms with Gasteiger partial charge in [-0.15, -0.1) is 0 Å². The maximum Gasteiger partial charge on any atom is 0.408 e. The molecule has 1 saturated heterocycles. The Hall–Kier alpha value is -2.38. The van der Waals surface area contributed by atoms with Gasteiger partial charge in [-0.3, -0.25) is 14.5 Å². The number of nitrogens with one attached hydrogen (secondary N) is 1. The lowest BCUT2D eigenvalue weighted by atomic mass is 9.96. The van der Waals surface area contributed by atoms with Gasteiger partial charge >= 0.3 is 12.1 Å². The zero-order chi connectivity index (χ0) is 16.4. The first-order chi connectivity index (χ1) is 9.53. The Labute approximate surface area is 121 Å². The average molecular weight is 298 g/mol. The van der Waals surface area contributed by atoms with Gasteiger partial charge < -0.3 is 15.2 Å². The molecule has 0 unspecified atom stereocenters. The number of carboxylic acids is 1. The lowest BCUT2D eigenvalue weighted by molar-refractivity contribution is -0.158. The molecule has 1 fully saturated rings. The first-order valence-corrected chi connectivity index (χ1v) is 6.30. The molecule has 0 aromatic carbocycles. The van der Waals surface area contributed by atoms with Crippen molar-refractivity contribution in [3.63, 3.8) is 0 Å². The first-order valence-electron chi connectivity index (χ1n) is 6.30. The van der Waals surface area contributed by atoms with Gasteiger partial charge in [0.05, 0.1) is 6.04 Å². The molecular weight excluding hydrogens is 280 g/mol. The Morgan fingerprint density at radius 3 is 2.29 bits per heavy atom. The molecule has 21 heavy (non-hydrogen) atoms. The van der Waals surface area contributed by atoms with Crippen molar-refractivity contribution in [2.24, 2.45) is 0 Å². The van der Waals surface area contributed by atoms with Crippen LogP contribution in [0.3, 0.4) is 0 Å². The second-order valence-corrected chi connectivity index (χ2v) is 5.58. The Kier molecular flexibility index (Phi) is 4.72. The molecule has 0 spiro atoms. The number of alkyl carbamates (subject to hydrolysis) is 1. The van der Waals surface area contributed by atoms with Gasteiger partial charge in [-0.2, -0.15) is 0 Å². The van der Waals surface area contributed by atoms with Crippen LogP contribution >= 0.6 is 0 Å². The number of amides is 3. The number of imide groups is 1. The molecule has 0 bridgehead atoms. The number of hydrogen-bond acceptors (Lipinski definition) is 5. The SMILES string of the molecule is C[C@@H]1[C@H](NC(=O)OC(C)(C)C)C(=O)N1C(=O)C=CC(=O)O. The molecule has 1 aliphatic heterocycles. The van der Waals surface area contributed by atoms with Gasteiger partial charge in [0.15, 0.2) is 0 Å². The van der Waals surface area contributed by atoms with E-state index in [0.717, 1.165) is 11.0 Å². The summed E-state index contributed by atoms with van der Waals surface area (Å²) in [6.45, 7) is 6.62. The smallest absolute Gasteiger partial charge is 0.408 e. The van der Waals surface area contributed by atoms with E-state index >= 15 is 0 Å². The number of rotatable bonds is 3. The summed E-state index contributed by atoms with van der Waals surface area (Å²) >= 11 is 0. The maximum atomic E-state index is 11.8. The molecular formula is C13H18N2O6. The molecule has 2 N–H and O–H groups in total. The van der Waals surface area contributed by atoms with Crippen molar-refractivity contribution in [1.82, 2.24) is 10.2 Å². The van der Waals surface area contributed by atoms with Crippen LogP contribution in [0.1, 0.15) is 27.7 Å². The summed E-state index contributed by atoms with van der Waals surface area (Å²) in [6, 6.07) is -1.43.